The Kier molecular flexibility index (Phi) is 3.21. The molecule has 1 amide bonds. The van der Waals surface area contributed by atoms with Crippen molar-refractivity contribution in [2.75, 3.05) is 0 Å². The largest absolute Gasteiger partial charge is 0.342 e. The predicted octanol–water partition coefficient (Wildman–Crippen LogP) is 2.20. The number of amides is 1. The summed E-state index contributed by atoms with van der Waals surface area (Å²) in [6.07, 6.45) is 5.52. The molecule has 2 aliphatic rings. The van der Waals surface area contributed by atoms with Crippen molar-refractivity contribution in [3.63, 3.8) is 0 Å². The maximum Gasteiger partial charge on any atom is 0.251 e. The Labute approximate surface area is 129 Å². The van der Waals surface area contributed by atoms with Crippen LogP contribution in [0.3, 0.4) is 0 Å². The number of carbonyl (C=O) groups is 1. The monoisotopic (exact) mass is 296 g/mol. The van der Waals surface area contributed by atoms with Gasteiger partial charge in [-0.25, -0.2) is 0 Å². The minimum atomic E-state index is -0.125. The van der Waals surface area contributed by atoms with Gasteiger partial charge in [-0.3, -0.25) is 4.79 Å². The van der Waals surface area contributed by atoms with Gasteiger partial charge in [0.25, 0.3) is 5.91 Å². The number of rotatable bonds is 3. The summed E-state index contributed by atoms with van der Waals surface area (Å²) in [5.41, 5.74) is 3.46. The van der Waals surface area contributed by atoms with Crippen molar-refractivity contribution in [3.05, 3.63) is 46.5 Å². The predicted molar refractivity (Wildman–Crippen MR) is 82.7 cm³/mol. The Bertz CT molecular complexity index is 734. The number of nitrogens with zero attached hydrogens (tertiary/aromatic N) is 3. The summed E-state index contributed by atoms with van der Waals surface area (Å²) in [7, 11) is 0. The van der Waals surface area contributed by atoms with Gasteiger partial charge in [-0.15, -0.1) is 10.2 Å². The van der Waals surface area contributed by atoms with Gasteiger partial charge in [-0.05, 0) is 55.9 Å². The average Bonchev–Trinajstić information content (AvgIpc) is 3.22. The number of aryl methyl sites for hydroxylation is 3. The highest BCUT2D eigenvalue weighted by Crippen LogP contribution is 2.23. The Morgan fingerprint density at radius 1 is 1.18 bits per heavy atom. The van der Waals surface area contributed by atoms with Crippen LogP contribution in [0.4, 0.5) is 0 Å². The number of fused-ring (bicyclic) bond motifs is 2. The quantitative estimate of drug-likeness (QED) is 0.944. The van der Waals surface area contributed by atoms with E-state index in [4.69, 9.17) is 0 Å². The molecule has 4 rings (SSSR count). The Morgan fingerprint density at radius 3 is 2.95 bits per heavy atom. The fourth-order valence-electron chi connectivity index (χ4n) is 3.55. The first-order valence-corrected chi connectivity index (χ1v) is 8.07. The van der Waals surface area contributed by atoms with Crippen LogP contribution in [0.5, 0.6) is 0 Å². The van der Waals surface area contributed by atoms with Gasteiger partial charge in [0.1, 0.15) is 5.82 Å². The molecular weight excluding hydrogens is 276 g/mol. The van der Waals surface area contributed by atoms with E-state index in [9.17, 15) is 4.79 Å². The highest BCUT2D eigenvalue weighted by atomic mass is 16.1. The van der Waals surface area contributed by atoms with E-state index in [0.717, 1.165) is 49.4 Å². The number of hydrogen-bond acceptors (Lipinski definition) is 3. The molecule has 5 nitrogen and oxygen atoms in total. The number of carbonyl (C=O) groups excluding carboxylic acids is 1. The van der Waals surface area contributed by atoms with Crippen molar-refractivity contribution in [2.45, 2.75) is 51.6 Å². The smallest absolute Gasteiger partial charge is 0.251 e. The molecular formula is C17H20N4O. The van der Waals surface area contributed by atoms with Gasteiger partial charge in [0.15, 0.2) is 5.82 Å². The second kappa shape index (κ2) is 5.23. The number of aromatic nitrogens is 3. The first-order valence-electron chi connectivity index (χ1n) is 8.07. The van der Waals surface area contributed by atoms with Crippen molar-refractivity contribution in [3.8, 4) is 0 Å². The van der Waals surface area contributed by atoms with Crippen LogP contribution in [0.15, 0.2) is 18.2 Å². The Hall–Kier alpha value is -2.17. The van der Waals surface area contributed by atoms with E-state index >= 15 is 0 Å². The molecule has 2 heterocycles. The second-order valence-electron chi connectivity index (χ2n) is 6.26. The summed E-state index contributed by atoms with van der Waals surface area (Å²) in [5, 5.41) is 11.5. The lowest BCUT2D eigenvalue weighted by molar-refractivity contribution is 0.0937. The molecule has 0 saturated heterocycles. The second-order valence-corrected chi connectivity index (χ2v) is 6.26. The third-order valence-electron chi connectivity index (χ3n) is 4.73. The molecule has 1 aliphatic heterocycles. The standard InChI is InChI=1S/C17H20N4O/c1-11(16-20-19-15-6-3-9-21(15)16)18-17(22)14-8-7-12-4-2-5-13(12)10-14/h7-8,10-11H,2-6,9H2,1H3,(H,18,22)/t11-/m0/s1. The summed E-state index contributed by atoms with van der Waals surface area (Å²) >= 11 is 0. The summed E-state index contributed by atoms with van der Waals surface area (Å²) in [5.74, 6) is 1.87. The topological polar surface area (TPSA) is 59.8 Å². The highest BCUT2D eigenvalue weighted by molar-refractivity contribution is 5.94. The molecule has 0 fully saturated rings. The SMILES string of the molecule is C[C@H](NC(=O)c1ccc2c(c1)CCC2)c1nnc2n1CCC2. The van der Waals surface area contributed by atoms with Crippen LogP contribution in [0, 0.1) is 0 Å². The van der Waals surface area contributed by atoms with Crippen LogP contribution in [0.1, 0.15) is 58.9 Å². The van der Waals surface area contributed by atoms with Gasteiger partial charge in [-0.2, -0.15) is 0 Å². The van der Waals surface area contributed by atoms with Gasteiger partial charge in [0.2, 0.25) is 0 Å². The lowest BCUT2D eigenvalue weighted by Crippen LogP contribution is -2.28. The zero-order valence-electron chi connectivity index (χ0n) is 12.8. The van der Waals surface area contributed by atoms with Crippen LogP contribution in [-0.4, -0.2) is 20.7 Å². The number of benzene rings is 1. The average molecular weight is 296 g/mol. The molecule has 1 aromatic heterocycles. The molecule has 2 aromatic rings. The molecule has 0 spiro atoms. The van der Waals surface area contributed by atoms with E-state index in [-0.39, 0.29) is 11.9 Å². The van der Waals surface area contributed by atoms with E-state index < -0.39 is 0 Å². The Balaban J connectivity index is 1.51. The number of nitrogens with one attached hydrogen (secondary N) is 1. The lowest BCUT2D eigenvalue weighted by Gasteiger charge is -2.14. The molecule has 0 radical (unpaired) electrons. The molecule has 1 aromatic carbocycles. The minimum absolute atomic E-state index is 0.0300. The normalized spacial score (nSPS) is 17.1. The molecule has 1 atom stereocenters. The molecule has 0 unspecified atom stereocenters. The van der Waals surface area contributed by atoms with E-state index in [2.05, 4.69) is 26.1 Å². The van der Waals surface area contributed by atoms with Gasteiger partial charge >= 0.3 is 0 Å². The summed E-state index contributed by atoms with van der Waals surface area (Å²) in [6, 6.07) is 5.94. The third-order valence-corrected chi connectivity index (χ3v) is 4.73. The van der Waals surface area contributed by atoms with Crippen LogP contribution >= 0.6 is 0 Å². The summed E-state index contributed by atoms with van der Waals surface area (Å²) < 4.78 is 2.13. The van der Waals surface area contributed by atoms with E-state index in [1.54, 1.807) is 0 Å². The lowest BCUT2D eigenvalue weighted by atomic mass is 10.1. The van der Waals surface area contributed by atoms with Crippen molar-refractivity contribution in [1.82, 2.24) is 20.1 Å². The van der Waals surface area contributed by atoms with Gasteiger partial charge in [0, 0.05) is 18.5 Å². The van der Waals surface area contributed by atoms with Crippen molar-refractivity contribution in [2.24, 2.45) is 0 Å². The van der Waals surface area contributed by atoms with E-state index in [1.807, 2.05) is 19.1 Å². The fraction of sp³-hybridized carbons (Fsp3) is 0.471. The summed E-state index contributed by atoms with van der Waals surface area (Å²) in [6.45, 7) is 2.93. The first kappa shape index (κ1) is 13.5. The van der Waals surface area contributed by atoms with Crippen molar-refractivity contribution < 1.29 is 4.79 Å². The van der Waals surface area contributed by atoms with Crippen LogP contribution in [-0.2, 0) is 25.8 Å². The molecule has 114 valence electrons. The molecule has 22 heavy (non-hydrogen) atoms. The molecule has 5 heteroatoms. The zero-order chi connectivity index (χ0) is 15.1. The van der Waals surface area contributed by atoms with Crippen LogP contribution in [0.25, 0.3) is 0 Å². The van der Waals surface area contributed by atoms with Crippen LogP contribution in [0.2, 0.25) is 0 Å². The van der Waals surface area contributed by atoms with Gasteiger partial charge in [0.05, 0.1) is 6.04 Å². The number of hydrogen-bond donors (Lipinski definition) is 1. The third kappa shape index (κ3) is 2.21. The van der Waals surface area contributed by atoms with Crippen LogP contribution < -0.4 is 5.32 Å². The first-order chi connectivity index (χ1) is 10.7. The Morgan fingerprint density at radius 2 is 2.05 bits per heavy atom. The summed E-state index contributed by atoms with van der Waals surface area (Å²) in [4.78, 5) is 12.5. The molecule has 1 N–H and O–H groups in total. The maximum absolute atomic E-state index is 12.5. The molecule has 0 bridgehead atoms. The molecule has 0 saturated carbocycles. The van der Waals surface area contributed by atoms with Gasteiger partial charge < -0.3 is 9.88 Å². The van der Waals surface area contributed by atoms with E-state index in [1.165, 1.54) is 17.5 Å². The van der Waals surface area contributed by atoms with Crippen molar-refractivity contribution in [1.29, 1.82) is 0 Å². The van der Waals surface area contributed by atoms with E-state index in [0.29, 0.717) is 0 Å². The zero-order valence-corrected chi connectivity index (χ0v) is 12.8. The minimum Gasteiger partial charge on any atom is -0.342 e. The van der Waals surface area contributed by atoms with Crippen molar-refractivity contribution >= 4 is 5.91 Å². The maximum atomic E-state index is 12.5. The molecule has 1 aliphatic carbocycles. The fourth-order valence-corrected chi connectivity index (χ4v) is 3.55. The highest BCUT2D eigenvalue weighted by Gasteiger charge is 2.23. The van der Waals surface area contributed by atoms with Gasteiger partial charge in [-0.1, -0.05) is 6.07 Å².